The predicted molar refractivity (Wildman–Crippen MR) is 74.0 cm³/mol. The van der Waals surface area contributed by atoms with Crippen LogP contribution in [0.5, 0.6) is 0 Å². The van der Waals surface area contributed by atoms with Crippen molar-refractivity contribution >= 4 is 12.0 Å². The standard InChI is InChI=1S/C14H26N2O3/c1-10(2)11-6-3-4-7-12(11)16-14(19)15-9-5-8-13(17)18/h10-12H,3-9H2,1-2H3,(H,17,18)(H2,15,16,19). The molecule has 5 nitrogen and oxygen atoms in total. The van der Waals surface area contributed by atoms with E-state index < -0.39 is 5.97 Å². The highest BCUT2D eigenvalue weighted by molar-refractivity contribution is 5.74. The number of carboxylic acid groups (broad SMARTS) is 1. The molecule has 0 saturated heterocycles. The quantitative estimate of drug-likeness (QED) is 0.648. The van der Waals surface area contributed by atoms with Crippen molar-refractivity contribution in [2.45, 2.75) is 58.4 Å². The van der Waals surface area contributed by atoms with Crippen LogP contribution >= 0.6 is 0 Å². The van der Waals surface area contributed by atoms with Crippen LogP contribution in [0.4, 0.5) is 4.79 Å². The first-order valence-electron chi connectivity index (χ1n) is 7.27. The molecule has 3 N–H and O–H groups in total. The fourth-order valence-electron chi connectivity index (χ4n) is 2.80. The Morgan fingerprint density at radius 2 is 1.95 bits per heavy atom. The minimum Gasteiger partial charge on any atom is -0.481 e. The first kappa shape index (κ1) is 15.8. The van der Waals surface area contributed by atoms with Crippen LogP contribution in [0.25, 0.3) is 0 Å². The summed E-state index contributed by atoms with van der Waals surface area (Å²) in [7, 11) is 0. The molecule has 1 fully saturated rings. The number of urea groups is 1. The third kappa shape index (κ3) is 5.94. The summed E-state index contributed by atoms with van der Waals surface area (Å²) in [6.45, 7) is 4.82. The molecule has 0 bridgehead atoms. The van der Waals surface area contributed by atoms with E-state index in [1.165, 1.54) is 19.3 Å². The Hall–Kier alpha value is -1.26. The van der Waals surface area contributed by atoms with Crippen LogP contribution in [-0.2, 0) is 4.79 Å². The van der Waals surface area contributed by atoms with Gasteiger partial charge in [0.25, 0.3) is 0 Å². The highest BCUT2D eigenvalue weighted by Crippen LogP contribution is 2.30. The summed E-state index contributed by atoms with van der Waals surface area (Å²) in [6, 6.07) is 0.0937. The number of nitrogens with one attached hydrogen (secondary N) is 2. The number of hydrogen-bond acceptors (Lipinski definition) is 2. The highest BCUT2D eigenvalue weighted by atomic mass is 16.4. The van der Waals surface area contributed by atoms with E-state index >= 15 is 0 Å². The number of carboxylic acids is 1. The molecule has 2 amide bonds. The summed E-state index contributed by atoms with van der Waals surface area (Å²) < 4.78 is 0. The normalized spacial score (nSPS) is 23.1. The summed E-state index contributed by atoms with van der Waals surface area (Å²) in [6.07, 6.45) is 5.22. The Morgan fingerprint density at radius 3 is 2.58 bits per heavy atom. The number of rotatable bonds is 6. The van der Waals surface area contributed by atoms with Crippen molar-refractivity contribution in [1.29, 1.82) is 0 Å². The van der Waals surface area contributed by atoms with Gasteiger partial charge in [0.15, 0.2) is 0 Å². The van der Waals surface area contributed by atoms with E-state index in [9.17, 15) is 9.59 Å². The van der Waals surface area contributed by atoms with Crippen LogP contribution in [0.3, 0.4) is 0 Å². The Labute approximate surface area is 115 Å². The van der Waals surface area contributed by atoms with Crippen molar-refractivity contribution in [1.82, 2.24) is 10.6 Å². The minimum absolute atomic E-state index is 0.0956. The lowest BCUT2D eigenvalue weighted by molar-refractivity contribution is -0.137. The zero-order chi connectivity index (χ0) is 14.3. The predicted octanol–water partition coefficient (Wildman–Crippen LogP) is 2.37. The molecule has 0 heterocycles. The lowest BCUT2D eigenvalue weighted by atomic mass is 9.78. The van der Waals surface area contributed by atoms with Gasteiger partial charge < -0.3 is 15.7 Å². The number of hydrogen-bond donors (Lipinski definition) is 3. The molecule has 1 aliphatic rings. The number of amides is 2. The summed E-state index contributed by atoms with van der Waals surface area (Å²) in [5.74, 6) is 0.311. The Balaban J connectivity index is 2.27. The summed E-state index contributed by atoms with van der Waals surface area (Å²) in [4.78, 5) is 22.1. The molecule has 5 heteroatoms. The first-order valence-corrected chi connectivity index (χ1v) is 7.27. The maximum Gasteiger partial charge on any atom is 0.315 e. The van der Waals surface area contributed by atoms with Crippen molar-refractivity contribution < 1.29 is 14.7 Å². The first-order chi connectivity index (χ1) is 9.00. The lowest BCUT2D eigenvalue weighted by Gasteiger charge is -2.34. The fraction of sp³-hybridized carbons (Fsp3) is 0.857. The second-order valence-corrected chi connectivity index (χ2v) is 5.70. The van der Waals surface area contributed by atoms with Crippen LogP contribution < -0.4 is 10.6 Å². The van der Waals surface area contributed by atoms with Gasteiger partial charge in [-0.1, -0.05) is 26.7 Å². The molecule has 0 spiro atoms. The molecule has 0 aromatic rings. The number of carbonyl (C=O) groups is 2. The van der Waals surface area contributed by atoms with E-state index in [1.54, 1.807) is 0 Å². The SMILES string of the molecule is CC(C)C1CCCCC1NC(=O)NCCCC(=O)O. The van der Waals surface area contributed by atoms with Gasteiger partial charge in [-0.3, -0.25) is 4.79 Å². The molecular weight excluding hydrogens is 244 g/mol. The van der Waals surface area contributed by atoms with Gasteiger partial charge in [-0.05, 0) is 31.1 Å². The molecule has 2 unspecified atom stereocenters. The second-order valence-electron chi connectivity index (χ2n) is 5.70. The maximum atomic E-state index is 11.8. The van der Waals surface area contributed by atoms with Crippen LogP contribution in [0.15, 0.2) is 0 Å². The van der Waals surface area contributed by atoms with Gasteiger partial charge in [0.2, 0.25) is 0 Å². The van der Waals surface area contributed by atoms with Crippen molar-refractivity contribution in [2.75, 3.05) is 6.54 Å². The third-order valence-electron chi connectivity index (χ3n) is 3.85. The summed E-state index contributed by atoms with van der Waals surface area (Å²) >= 11 is 0. The van der Waals surface area contributed by atoms with Gasteiger partial charge in [0.1, 0.15) is 0 Å². The average Bonchev–Trinajstić information content (AvgIpc) is 2.35. The summed E-state index contributed by atoms with van der Waals surface area (Å²) in [5, 5.41) is 14.3. The molecule has 0 aromatic carbocycles. The third-order valence-corrected chi connectivity index (χ3v) is 3.85. The van der Waals surface area contributed by atoms with E-state index in [-0.39, 0.29) is 18.5 Å². The number of aliphatic carboxylic acids is 1. The zero-order valence-electron chi connectivity index (χ0n) is 11.9. The largest absolute Gasteiger partial charge is 0.481 e. The van der Waals surface area contributed by atoms with E-state index in [1.807, 2.05) is 0 Å². The maximum absolute atomic E-state index is 11.8. The van der Waals surface area contributed by atoms with Crippen molar-refractivity contribution in [2.24, 2.45) is 11.8 Å². The van der Waals surface area contributed by atoms with Gasteiger partial charge in [0, 0.05) is 19.0 Å². The molecule has 0 aliphatic heterocycles. The van der Waals surface area contributed by atoms with Crippen molar-refractivity contribution in [3.8, 4) is 0 Å². The van der Waals surface area contributed by atoms with Crippen LogP contribution in [0, 0.1) is 11.8 Å². The highest BCUT2D eigenvalue weighted by Gasteiger charge is 2.28. The van der Waals surface area contributed by atoms with E-state index in [0.717, 1.165) is 6.42 Å². The van der Waals surface area contributed by atoms with Crippen molar-refractivity contribution in [3.05, 3.63) is 0 Å². The van der Waals surface area contributed by atoms with Crippen molar-refractivity contribution in [3.63, 3.8) is 0 Å². The molecule has 1 rings (SSSR count). The van der Waals surface area contributed by atoms with Gasteiger partial charge >= 0.3 is 12.0 Å². The Morgan fingerprint density at radius 1 is 1.26 bits per heavy atom. The monoisotopic (exact) mass is 270 g/mol. The van der Waals surface area contributed by atoms with E-state index in [0.29, 0.717) is 24.8 Å². The Kier molecular flexibility index (Phi) is 6.67. The fourth-order valence-corrected chi connectivity index (χ4v) is 2.80. The van der Waals surface area contributed by atoms with Crippen LogP contribution in [0.1, 0.15) is 52.4 Å². The van der Waals surface area contributed by atoms with Crippen LogP contribution in [0.2, 0.25) is 0 Å². The smallest absolute Gasteiger partial charge is 0.315 e. The van der Waals surface area contributed by atoms with E-state index in [4.69, 9.17) is 5.11 Å². The molecule has 1 aliphatic carbocycles. The average molecular weight is 270 g/mol. The number of carbonyl (C=O) groups excluding carboxylic acids is 1. The summed E-state index contributed by atoms with van der Waals surface area (Å²) in [5.41, 5.74) is 0. The zero-order valence-corrected chi connectivity index (χ0v) is 11.9. The molecule has 2 atom stereocenters. The van der Waals surface area contributed by atoms with Gasteiger partial charge in [-0.15, -0.1) is 0 Å². The molecule has 0 radical (unpaired) electrons. The topological polar surface area (TPSA) is 78.4 Å². The molecule has 110 valence electrons. The van der Waals surface area contributed by atoms with Crippen LogP contribution in [-0.4, -0.2) is 29.7 Å². The lowest BCUT2D eigenvalue weighted by Crippen LogP contribution is -2.48. The van der Waals surface area contributed by atoms with Gasteiger partial charge in [-0.25, -0.2) is 4.79 Å². The molecular formula is C14H26N2O3. The molecule has 0 aromatic heterocycles. The molecule has 19 heavy (non-hydrogen) atoms. The second kappa shape index (κ2) is 8.02. The van der Waals surface area contributed by atoms with Gasteiger partial charge in [-0.2, -0.15) is 0 Å². The minimum atomic E-state index is -0.825. The van der Waals surface area contributed by atoms with E-state index in [2.05, 4.69) is 24.5 Å². The molecule has 1 saturated carbocycles. The van der Waals surface area contributed by atoms with Gasteiger partial charge in [0.05, 0.1) is 0 Å². The Bertz CT molecular complexity index is 305.